The summed E-state index contributed by atoms with van der Waals surface area (Å²) in [7, 11) is 1.91. The second-order valence-electron chi connectivity index (χ2n) is 4.02. The van der Waals surface area contributed by atoms with Gasteiger partial charge < -0.3 is 11.1 Å². The van der Waals surface area contributed by atoms with Crippen LogP contribution in [0.25, 0.3) is 0 Å². The van der Waals surface area contributed by atoms with Crippen LogP contribution in [-0.2, 0) is 13.6 Å². The number of aryl methyl sites for hydroxylation is 2. The van der Waals surface area contributed by atoms with Gasteiger partial charge in [0, 0.05) is 29.1 Å². The van der Waals surface area contributed by atoms with Gasteiger partial charge in [0.05, 0.1) is 12.2 Å². The second-order valence-corrected chi connectivity index (χ2v) is 4.88. The third-order valence-electron chi connectivity index (χ3n) is 2.58. The molecule has 1 aromatic carbocycles. The molecule has 0 fully saturated rings. The van der Waals surface area contributed by atoms with Crippen molar-refractivity contribution >= 4 is 27.3 Å². The van der Waals surface area contributed by atoms with Crippen molar-refractivity contribution < 1.29 is 0 Å². The number of benzene rings is 1. The fourth-order valence-corrected chi connectivity index (χ4v) is 2.08. The van der Waals surface area contributed by atoms with Crippen LogP contribution in [-0.4, -0.2) is 9.78 Å². The van der Waals surface area contributed by atoms with Gasteiger partial charge in [-0.1, -0.05) is 0 Å². The topological polar surface area (TPSA) is 55.9 Å². The molecule has 2 rings (SSSR count). The number of nitrogens with zero attached hydrogens (tertiary/aromatic N) is 2. The lowest BCUT2D eigenvalue weighted by Crippen LogP contribution is -2.03. The molecular formula is C12H15BrN4. The van der Waals surface area contributed by atoms with Crippen LogP contribution < -0.4 is 11.1 Å². The molecule has 90 valence electrons. The van der Waals surface area contributed by atoms with Gasteiger partial charge in [-0.05, 0) is 46.6 Å². The summed E-state index contributed by atoms with van der Waals surface area (Å²) >= 11 is 3.49. The van der Waals surface area contributed by atoms with Crippen molar-refractivity contribution in [2.45, 2.75) is 13.5 Å². The third kappa shape index (κ3) is 2.79. The Morgan fingerprint density at radius 2 is 2.24 bits per heavy atom. The van der Waals surface area contributed by atoms with E-state index < -0.39 is 0 Å². The van der Waals surface area contributed by atoms with E-state index >= 15 is 0 Å². The number of aromatic nitrogens is 2. The maximum Gasteiger partial charge on any atom is 0.0815 e. The van der Waals surface area contributed by atoms with E-state index in [0.29, 0.717) is 6.54 Å². The molecule has 0 bridgehead atoms. The number of rotatable bonds is 3. The highest BCUT2D eigenvalue weighted by atomic mass is 79.9. The summed E-state index contributed by atoms with van der Waals surface area (Å²) in [6.07, 6.45) is 1.93. The summed E-state index contributed by atoms with van der Waals surface area (Å²) in [5.41, 5.74) is 9.72. The van der Waals surface area contributed by atoms with Gasteiger partial charge in [-0.2, -0.15) is 5.10 Å². The highest BCUT2D eigenvalue weighted by molar-refractivity contribution is 9.10. The number of hydrogen-bond donors (Lipinski definition) is 2. The maximum absolute atomic E-state index is 5.83. The zero-order valence-electron chi connectivity index (χ0n) is 9.87. The van der Waals surface area contributed by atoms with E-state index in [1.54, 1.807) is 4.68 Å². The van der Waals surface area contributed by atoms with Crippen LogP contribution in [0.3, 0.4) is 0 Å². The Labute approximate surface area is 109 Å². The Morgan fingerprint density at radius 1 is 1.47 bits per heavy atom. The molecule has 0 unspecified atom stereocenters. The monoisotopic (exact) mass is 294 g/mol. The zero-order chi connectivity index (χ0) is 12.4. The van der Waals surface area contributed by atoms with E-state index in [1.807, 2.05) is 38.4 Å². The first kappa shape index (κ1) is 12.0. The largest absolute Gasteiger partial charge is 0.398 e. The normalized spacial score (nSPS) is 10.5. The van der Waals surface area contributed by atoms with E-state index in [-0.39, 0.29) is 0 Å². The molecule has 17 heavy (non-hydrogen) atoms. The number of anilines is 2. The van der Waals surface area contributed by atoms with Gasteiger partial charge in [-0.15, -0.1) is 0 Å². The molecular weight excluding hydrogens is 280 g/mol. The van der Waals surface area contributed by atoms with Gasteiger partial charge in [0.25, 0.3) is 0 Å². The molecule has 0 aliphatic heterocycles. The molecule has 4 nitrogen and oxygen atoms in total. The standard InChI is InChI=1S/C12H15BrN4/c1-8-5-12(10(13)6-11(8)14)15-7-9-3-4-17(2)16-9/h3-6,15H,7,14H2,1-2H3. The quantitative estimate of drug-likeness (QED) is 0.856. The minimum Gasteiger partial charge on any atom is -0.398 e. The SMILES string of the molecule is Cc1cc(NCc2ccn(C)n2)c(Br)cc1N. The fraction of sp³-hybridized carbons (Fsp3) is 0.250. The first-order valence-electron chi connectivity index (χ1n) is 5.34. The lowest BCUT2D eigenvalue weighted by Gasteiger charge is -2.10. The molecule has 0 saturated heterocycles. The smallest absolute Gasteiger partial charge is 0.0815 e. The summed E-state index contributed by atoms with van der Waals surface area (Å²) < 4.78 is 2.76. The molecule has 3 N–H and O–H groups in total. The van der Waals surface area contributed by atoms with Gasteiger partial charge in [0.1, 0.15) is 0 Å². The van der Waals surface area contributed by atoms with Crippen LogP contribution in [0.2, 0.25) is 0 Å². The third-order valence-corrected chi connectivity index (χ3v) is 3.24. The first-order valence-corrected chi connectivity index (χ1v) is 6.13. The Hall–Kier alpha value is -1.49. The number of nitrogens with two attached hydrogens (primary N) is 1. The van der Waals surface area contributed by atoms with Crippen molar-refractivity contribution in [2.24, 2.45) is 7.05 Å². The lowest BCUT2D eigenvalue weighted by atomic mass is 10.2. The van der Waals surface area contributed by atoms with E-state index in [1.165, 1.54) is 0 Å². The predicted molar refractivity (Wildman–Crippen MR) is 73.8 cm³/mol. The molecule has 1 heterocycles. The Balaban J connectivity index is 2.11. The van der Waals surface area contributed by atoms with Crippen LogP contribution in [0.5, 0.6) is 0 Å². The van der Waals surface area contributed by atoms with Crippen LogP contribution in [0.15, 0.2) is 28.9 Å². The summed E-state index contributed by atoms with van der Waals surface area (Å²) in [5, 5.41) is 7.64. The average Bonchev–Trinajstić information content (AvgIpc) is 2.68. The molecule has 0 atom stereocenters. The van der Waals surface area contributed by atoms with E-state index in [0.717, 1.165) is 27.1 Å². The molecule has 1 aromatic heterocycles. The number of hydrogen-bond acceptors (Lipinski definition) is 3. The molecule has 0 saturated carbocycles. The van der Waals surface area contributed by atoms with Gasteiger partial charge in [-0.3, -0.25) is 4.68 Å². The minimum absolute atomic E-state index is 0.697. The molecule has 0 aliphatic carbocycles. The first-order chi connectivity index (χ1) is 8.06. The predicted octanol–water partition coefficient (Wildman–Crippen LogP) is 2.69. The van der Waals surface area contributed by atoms with Crippen molar-refractivity contribution in [2.75, 3.05) is 11.1 Å². The zero-order valence-corrected chi connectivity index (χ0v) is 11.5. The van der Waals surface area contributed by atoms with Crippen LogP contribution in [0.4, 0.5) is 11.4 Å². The van der Waals surface area contributed by atoms with E-state index in [9.17, 15) is 0 Å². The Morgan fingerprint density at radius 3 is 2.88 bits per heavy atom. The van der Waals surface area contributed by atoms with Crippen molar-refractivity contribution in [1.29, 1.82) is 0 Å². The summed E-state index contributed by atoms with van der Waals surface area (Å²) in [5.74, 6) is 0. The molecule has 2 aromatic rings. The lowest BCUT2D eigenvalue weighted by molar-refractivity contribution is 0.747. The van der Waals surface area contributed by atoms with Crippen molar-refractivity contribution in [3.63, 3.8) is 0 Å². The Bertz CT molecular complexity index is 533. The van der Waals surface area contributed by atoms with Crippen molar-refractivity contribution in [1.82, 2.24) is 9.78 Å². The second kappa shape index (κ2) is 4.79. The number of nitrogens with one attached hydrogen (secondary N) is 1. The number of nitrogen functional groups attached to an aromatic ring is 1. The molecule has 0 amide bonds. The van der Waals surface area contributed by atoms with Gasteiger partial charge in [0.15, 0.2) is 0 Å². The van der Waals surface area contributed by atoms with E-state index in [4.69, 9.17) is 5.73 Å². The van der Waals surface area contributed by atoms with Gasteiger partial charge in [-0.25, -0.2) is 0 Å². The van der Waals surface area contributed by atoms with Crippen molar-refractivity contribution in [3.05, 3.63) is 40.1 Å². The highest BCUT2D eigenvalue weighted by Gasteiger charge is 2.04. The van der Waals surface area contributed by atoms with Crippen LogP contribution in [0.1, 0.15) is 11.3 Å². The van der Waals surface area contributed by atoms with E-state index in [2.05, 4.69) is 26.3 Å². The van der Waals surface area contributed by atoms with Crippen LogP contribution in [0, 0.1) is 6.92 Å². The summed E-state index contributed by atoms with van der Waals surface area (Å²) in [6.45, 7) is 2.69. The molecule has 0 radical (unpaired) electrons. The fourth-order valence-electron chi connectivity index (χ4n) is 1.58. The Kier molecular flexibility index (Phi) is 3.38. The maximum atomic E-state index is 5.83. The molecule has 0 aliphatic rings. The number of halogens is 1. The van der Waals surface area contributed by atoms with Crippen molar-refractivity contribution in [3.8, 4) is 0 Å². The van der Waals surface area contributed by atoms with Gasteiger partial charge >= 0.3 is 0 Å². The van der Waals surface area contributed by atoms with Gasteiger partial charge in [0.2, 0.25) is 0 Å². The molecule has 5 heteroatoms. The minimum atomic E-state index is 0.697. The summed E-state index contributed by atoms with van der Waals surface area (Å²) in [6, 6.07) is 5.93. The average molecular weight is 295 g/mol. The van der Waals surface area contributed by atoms with Crippen LogP contribution >= 0.6 is 15.9 Å². The highest BCUT2D eigenvalue weighted by Crippen LogP contribution is 2.27. The summed E-state index contributed by atoms with van der Waals surface area (Å²) in [4.78, 5) is 0. The molecule has 0 spiro atoms.